The third kappa shape index (κ3) is 13.9. The molecule has 2 aromatic carbocycles. The summed E-state index contributed by atoms with van der Waals surface area (Å²) in [5, 5.41) is 47.4. The van der Waals surface area contributed by atoms with Gasteiger partial charge in [0.25, 0.3) is 5.91 Å². The van der Waals surface area contributed by atoms with Gasteiger partial charge in [0.15, 0.2) is 0 Å². The average Bonchev–Trinajstić information content (AvgIpc) is 3.09. The molecule has 9 N–H and O–H groups in total. The SMILES string of the molecule is CCCCCCCC(N)C(O)C(=O)N[C@@H](C)C(=O)N[C@H](C(=O)N(C)[C@@H](Cc1ccc(O)cc1)C(=O)N[C@@H](Cc1ccc(O)cc1)C(=O)O)C(C)C. The molecule has 0 spiro atoms. The number of carboxylic acids is 1. The molecule has 0 fully saturated rings. The highest BCUT2D eigenvalue weighted by Gasteiger charge is 2.36. The highest BCUT2D eigenvalue weighted by molar-refractivity contribution is 5.95. The molecule has 0 bridgehead atoms. The molecule has 0 aliphatic rings. The van der Waals surface area contributed by atoms with Gasteiger partial charge < -0.3 is 47.0 Å². The number of aliphatic hydroxyl groups excluding tert-OH is 1. The van der Waals surface area contributed by atoms with Crippen LogP contribution in [0.1, 0.15) is 77.3 Å². The number of carbonyl (C=O) groups excluding carboxylic acids is 4. The number of amides is 4. The van der Waals surface area contributed by atoms with Crippen molar-refractivity contribution < 1.29 is 44.4 Å². The Kier molecular flexibility index (Phi) is 17.4. The summed E-state index contributed by atoms with van der Waals surface area (Å²) in [6.07, 6.45) is 3.68. The van der Waals surface area contributed by atoms with Gasteiger partial charge in [-0.2, -0.15) is 0 Å². The van der Waals surface area contributed by atoms with E-state index < -0.39 is 71.8 Å². The van der Waals surface area contributed by atoms with E-state index in [1.54, 1.807) is 26.0 Å². The van der Waals surface area contributed by atoms with Crippen LogP contribution in [0.3, 0.4) is 0 Å². The molecule has 0 saturated carbocycles. The van der Waals surface area contributed by atoms with E-state index in [0.717, 1.165) is 37.0 Å². The number of phenols is 2. The molecule has 2 rings (SSSR count). The van der Waals surface area contributed by atoms with Crippen LogP contribution in [0.2, 0.25) is 0 Å². The molecule has 2 unspecified atom stereocenters. The van der Waals surface area contributed by atoms with E-state index in [4.69, 9.17) is 5.73 Å². The number of aliphatic carboxylic acids is 1. The number of aliphatic hydroxyl groups is 1. The number of phenolic OH excluding ortho intramolecular Hbond substituents is 2. The van der Waals surface area contributed by atoms with Gasteiger partial charge in [-0.1, -0.05) is 77.1 Å². The molecule has 0 radical (unpaired) electrons. The second-order valence-electron chi connectivity index (χ2n) is 13.4. The maximum atomic E-state index is 14.0. The molecule has 14 heteroatoms. The van der Waals surface area contributed by atoms with E-state index in [0.29, 0.717) is 17.5 Å². The topological polar surface area (TPSA) is 232 Å². The molecule has 0 heterocycles. The summed E-state index contributed by atoms with van der Waals surface area (Å²) in [6.45, 7) is 6.89. The molecule has 0 saturated heterocycles. The molecule has 51 heavy (non-hydrogen) atoms. The van der Waals surface area contributed by atoms with E-state index in [2.05, 4.69) is 22.9 Å². The number of rotatable bonds is 21. The van der Waals surface area contributed by atoms with Crippen molar-refractivity contribution in [2.75, 3.05) is 7.05 Å². The Morgan fingerprint density at radius 1 is 0.745 bits per heavy atom. The fraction of sp³-hybridized carbons (Fsp3) is 0.541. The lowest BCUT2D eigenvalue weighted by atomic mass is 9.98. The van der Waals surface area contributed by atoms with Crippen molar-refractivity contribution in [3.8, 4) is 11.5 Å². The standard InChI is InChI=1S/C37H55N5O9/c1-6-7-8-9-10-11-28(38)32(45)35(48)39-23(4)33(46)41-31(22(2)3)36(49)42(5)30(21-25-14-18-27(44)19-15-25)34(47)40-29(37(50)51)20-24-12-16-26(43)17-13-24/h12-19,22-23,28-32,43-45H,6-11,20-21,38H2,1-5H3,(H,39,48)(H,40,47)(H,41,46)(H,50,51)/t23-,28?,29-,30-,31-,32?/m0/s1. The summed E-state index contributed by atoms with van der Waals surface area (Å²) in [5.74, 6) is -4.73. The fourth-order valence-electron chi connectivity index (χ4n) is 5.46. The van der Waals surface area contributed by atoms with Crippen LogP contribution in [0.15, 0.2) is 48.5 Å². The zero-order valence-corrected chi connectivity index (χ0v) is 30.2. The Labute approximate surface area is 299 Å². The van der Waals surface area contributed by atoms with Crippen LogP contribution in [0.5, 0.6) is 11.5 Å². The third-order valence-electron chi connectivity index (χ3n) is 8.77. The fourth-order valence-corrected chi connectivity index (χ4v) is 5.46. The van der Waals surface area contributed by atoms with Gasteiger partial charge in [-0.05, 0) is 54.7 Å². The first-order valence-electron chi connectivity index (χ1n) is 17.5. The van der Waals surface area contributed by atoms with Crippen LogP contribution in [0.4, 0.5) is 0 Å². The number of nitrogens with zero attached hydrogens (tertiary/aromatic N) is 1. The summed E-state index contributed by atoms with van der Waals surface area (Å²) >= 11 is 0. The first kappa shape index (κ1) is 42.5. The lowest BCUT2D eigenvalue weighted by Gasteiger charge is -2.33. The molecule has 2 aromatic rings. The van der Waals surface area contributed by atoms with Crippen molar-refractivity contribution >= 4 is 29.6 Å². The van der Waals surface area contributed by atoms with E-state index in [1.165, 1.54) is 50.4 Å². The molecule has 282 valence electrons. The van der Waals surface area contributed by atoms with Gasteiger partial charge in [-0.25, -0.2) is 4.79 Å². The normalized spacial score (nSPS) is 14.7. The Hall–Kier alpha value is -4.69. The molecule has 0 aliphatic heterocycles. The molecule has 14 nitrogen and oxygen atoms in total. The largest absolute Gasteiger partial charge is 0.508 e. The zero-order chi connectivity index (χ0) is 38.2. The average molecular weight is 714 g/mol. The van der Waals surface area contributed by atoms with Crippen molar-refractivity contribution in [1.82, 2.24) is 20.9 Å². The molecule has 6 atom stereocenters. The number of carboxylic acid groups (broad SMARTS) is 1. The smallest absolute Gasteiger partial charge is 0.326 e. The second kappa shape index (κ2) is 20.9. The summed E-state index contributed by atoms with van der Waals surface area (Å²) < 4.78 is 0. The number of nitrogens with two attached hydrogens (primary N) is 1. The van der Waals surface area contributed by atoms with Crippen molar-refractivity contribution in [2.24, 2.45) is 11.7 Å². The van der Waals surface area contributed by atoms with E-state index in [9.17, 15) is 44.4 Å². The lowest BCUT2D eigenvalue weighted by molar-refractivity contribution is -0.145. The Morgan fingerprint density at radius 2 is 1.27 bits per heavy atom. The highest BCUT2D eigenvalue weighted by atomic mass is 16.4. The summed E-state index contributed by atoms with van der Waals surface area (Å²) in [5.41, 5.74) is 7.14. The second-order valence-corrected chi connectivity index (χ2v) is 13.4. The molecular formula is C37H55N5O9. The Bertz CT molecular complexity index is 1430. The van der Waals surface area contributed by atoms with Crippen LogP contribution in [-0.4, -0.2) is 98.3 Å². The van der Waals surface area contributed by atoms with Gasteiger partial charge in [0, 0.05) is 25.9 Å². The van der Waals surface area contributed by atoms with Crippen LogP contribution < -0.4 is 21.7 Å². The monoisotopic (exact) mass is 713 g/mol. The minimum atomic E-state index is -1.53. The van der Waals surface area contributed by atoms with Crippen LogP contribution in [0.25, 0.3) is 0 Å². The molecule has 4 amide bonds. The van der Waals surface area contributed by atoms with Crippen molar-refractivity contribution in [1.29, 1.82) is 0 Å². The number of benzene rings is 2. The maximum Gasteiger partial charge on any atom is 0.326 e. The van der Waals surface area contributed by atoms with Crippen molar-refractivity contribution in [3.63, 3.8) is 0 Å². The number of hydrogen-bond donors (Lipinski definition) is 8. The zero-order valence-electron chi connectivity index (χ0n) is 30.2. The Morgan fingerprint density at radius 3 is 1.78 bits per heavy atom. The number of likely N-dealkylation sites (N-methyl/N-ethyl adjacent to an activating group) is 1. The molecule has 0 aromatic heterocycles. The van der Waals surface area contributed by atoms with Crippen LogP contribution >= 0.6 is 0 Å². The van der Waals surface area contributed by atoms with E-state index >= 15 is 0 Å². The predicted octanol–water partition coefficient (Wildman–Crippen LogP) is 1.97. The van der Waals surface area contributed by atoms with Gasteiger partial charge >= 0.3 is 5.97 Å². The first-order chi connectivity index (χ1) is 24.0. The minimum absolute atomic E-state index is 0.00220. The molecule has 0 aliphatic carbocycles. The number of carbonyl (C=O) groups is 5. The lowest BCUT2D eigenvalue weighted by Crippen LogP contribution is -2.60. The number of nitrogens with one attached hydrogen (secondary N) is 3. The van der Waals surface area contributed by atoms with Gasteiger partial charge in [-0.3, -0.25) is 19.2 Å². The van der Waals surface area contributed by atoms with Gasteiger partial charge in [0.2, 0.25) is 17.7 Å². The van der Waals surface area contributed by atoms with Gasteiger partial charge in [0.1, 0.15) is 41.8 Å². The van der Waals surface area contributed by atoms with Gasteiger partial charge in [0.05, 0.1) is 0 Å². The number of hydrogen-bond acceptors (Lipinski definition) is 9. The Balaban J connectivity index is 2.20. The van der Waals surface area contributed by atoms with Crippen LogP contribution in [-0.2, 0) is 36.8 Å². The highest BCUT2D eigenvalue weighted by Crippen LogP contribution is 2.17. The molecular weight excluding hydrogens is 658 g/mol. The van der Waals surface area contributed by atoms with Crippen molar-refractivity contribution in [3.05, 3.63) is 59.7 Å². The van der Waals surface area contributed by atoms with Gasteiger partial charge in [-0.15, -0.1) is 0 Å². The minimum Gasteiger partial charge on any atom is -0.508 e. The quantitative estimate of drug-likeness (QED) is 0.0877. The van der Waals surface area contributed by atoms with Crippen molar-refractivity contribution in [2.45, 2.75) is 115 Å². The maximum absolute atomic E-state index is 14.0. The summed E-state index contributed by atoms with van der Waals surface area (Å²) in [4.78, 5) is 67.0. The van der Waals surface area contributed by atoms with Crippen LogP contribution in [0, 0.1) is 5.92 Å². The first-order valence-corrected chi connectivity index (χ1v) is 17.5. The summed E-state index contributed by atoms with van der Waals surface area (Å²) in [7, 11) is 1.37. The van der Waals surface area contributed by atoms with E-state index in [-0.39, 0.29) is 24.3 Å². The number of unbranched alkanes of at least 4 members (excludes halogenated alkanes) is 4. The predicted molar refractivity (Wildman–Crippen MR) is 191 cm³/mol. The summed E-state index contributed by atoms with van der Waals surface area (Å²) in [6, 6.07) is 6.12. The van der Waals surface area contributed by atoms with E-state index in [1.807, 2.05) is 0 Å². The number of aromatic hydroxyl groups is 2. The third-order valence-corrected chi connectivity index (χ3v) is 8.77.